The molecule has 0 radical (unpaired) electrons. The molecule has 1 aromatic heterocycles. The summed E-state index contributed by atoms with van der Waals surface area (Å²) in [6.07, 6.45) is 6.00. The van der Waals surface area contributed by atoms with E-state index in [0.29, 0.717) is 16.8 Å². The fraction of sp³-hybridized carbons (Fsp3) is 0.231. The molecule has 0 aliphatic heterocycles. The Bertz CT molecular complexity index is 558. The normalized spacial score (nSPS) is 15.6. The van der Waals surface area contributed by atoms with Crippen LogP contribution in [-0.2, 0) is 0 Å². The van der Waals surface area contributed by atoms with Crippen LogP contribution >= 0.6 is 11.6 Å². The van der Waals surface area contributed by atoms with E-state index < -0.39 is 0 Å². The minimum Gasteiger partial charge on any atom is -0.421 e. The zero-order valence-electron chi connectivity index (χ0n) is 9.14. The van der Waals surface area contributed by atoms with Crippen molar-refractivity contribution in [1.29, 1.82) is 0 Å². The first kappa shape index (κ1) is 10.5. The third-order valence-electron chi connectivity index (χ3n) is 2.69. The maximum absolute atomic E-state index is 6.04. The molecular weight excluding hydrogens is 236 g/mol. The van der Waals surface area contributed by atoms with Gasteiger partial charge in [-0.25, -0.2) is 0 Å². The van der Waals surface area contributed by atoms with Crippen LogP contribution < -0.4 is 0 Å². The van der Waals surface area contributed by atoms with Gasteiger partial charge in [-0.1, -0.05) is 29.8 Å². The van der Waals surface area contributed by atoms with Crippen molar-refractivity contribution in [3.63, 3.8) is 0 Å². The maximum Gasteiger partial charge on any atom is 0.240 e. The molecule has 3 nitrogen and oxygen atoms in total. The molecule has 0 N–H and O–H groups in total. The van der Waals surface area contributed by atoms with Crippen LogP contribution in [0.1, 0.15) is 36.1 Å². The van der Waals surface area contributed by atoms with E-state index in [1.165, 1.54) is 0 Å². The Kier molecular flexibility index (Phi) is 2.69. The zero-order valence-corrected chi connectivity index (χ0v) is 9.89. The minimum absolute atomic E-state index is 0.491. The Hall–Kier alpha value is -1.61. The maximum atomic E-state index is 6.04. The summed E-state index contributed by atoms with van der Waals surface area (Å²) in [7, 11) is 0. The molecule has 1 saturated carbocycles. The monoisotopic (exact) mass is 246 g/mol. The van der Waals surface area contributed by atoms with Gasteiger partial charge in [-0.15, -0.1) is 10.2 Å². The predicted molar refractivity (Wildman–Crippen MR) is 66.7 cm³/mol. The van der Waals surface area contributed by atoms with Crippen LogP contribution in [0.15, 0.2) is 28.7 Å². The van der Waals surface area contributed by atoms with E-state index in [2.05, 4.69) is 10.2 Å². The summed E-state index contributed by atoms with van der Waals surface area (Å²) >= 11 is 6.04. The average molecular weight is 247 g/mol. The van der Waals surface area contributed by atoms with Crippen molar-refractivity contribution in [2.45, 2.75) is 18.8 Å². The lowest BCUT2D eigenvalue weighted by atomic mass is 10.2. The van der Waals surface area contributed by atoms with Crippen molar-refractivity contribution in [2.24, 2.45) is 0 Å². The number of aromatic nitrogens is 2. The fourth-order valence-corrected chi connectivity index (χ4v) is 1.78. The van der Waals surface area contributed by atoms with E-state index >= 15 is 0 Å². The van der Waals surface area contributed by atoms with Gasteiger partial charge in [0.25, 0.3) is 0 Å². The lowest BCUT2D eigenvalue weighted by Crippen LogP contribution is -1.76. The number of nitrogens with zero attached hydrogens (tertiary/aromatic N) is 2. The van der Waals surface area contributed by atoms with E-state index in [-0.39, 0.29) is 0 Å². The topological polar surface area (TPSA) is 38.9 Å². The molecule has 86 valence electrons. The average Bonchev–Trinajstić information content (AvgIpc) is 3.08. The van der Waals surface area contributed by atoms with Crippen molar-refractivity contribution < 1.29 is 4.42 Å². The molecule has 0 bridgehead atoms. The van der Waals surface area contributed by atoms with Crippen LogP contribution in [0.2, 0.25) is 5.02 Å². The van der Waals surface area contributed by atoms with Crippen LogP contribution in [0.25, 0.3) is 12.2 Å². The molecule has 0 saturated heterocycles. The molecule has 1 fully saturated rings. The summed E-state index contributed by atoms with van der Waals surface area (Å²) in [4.78, 5) is 0. The molecule has 17 heavy (non-hydrogen) atoms. The highest BCUT2D eigenvalue weighted by atomic mass is 35.5. The number of benzene rings is 1. The SMILES string of the molecule is Clc1ccccc1C=Cc1nnc(C2CC2)o1. The molecule has 0 unspecified atom stereocenters. The summed E-state index contributed by atoms with van der Waals surface area (Å²) in [6.45, 7) is 0. The Balaban J connectivity index is 1.79. The Morgan fingerprint density at radius 3 is 2.76 bits per heavy atom. The molecular formula is C13H11ClN2O. The van der Waals surface area contributed by atoms with E-state index in [1.54, 1.807) is 6.08 Å². The molecule has 0 atom stereocenters. The molecule has 1 aliphatic carbocycles. The highest BCUT2D eigenvalue weighted by Crippen LogP contribution is 2.39. The van der Waals surface area contributed by atoms with Gasteiger partial charge in [0.1, 0.15) is 0 Å². The van der Waals surface area contributed by atoms with E-state index in [0.717, 1.165) is 24.3 Å². The summed E-state index contributed by atoms with van der Waals surface area (Å²) in [6, 6.07) is 7.63. The van der Waals surface area contributed by atoms with Crippen molar-refractivity contribution >= 4 is 23.8 Å². The molecule has 1 heterocycles. The molecule has 1 aromatic carbocycles. The van der Waals surface area contributed by atoms with Gasteiger partial charge in [-0.2, -0.15) is 0 Å². The van der Waals surface area contributed by atoms with Gasteiger partial charge in [0.05, 0.1) is 0 Å². The summed E-state index contributed by atoms with van der Waals surface area (Å²) in [5.41, 5.74) is 0.945. The first-order valence-electron chi connectivity index (χ1n) is 5.59. The van der Waals surface area contributed by atoms with Crippen molar-refractivity contribution in [2.75, 3.05) is 0 Å². The van der Waals surface area contributed by atoms with Gasteiger partial charge in [-0.05, 0) is 30.5 Å². The largest absolute Gasteiger partial charge is 0.421 e. The summed E-state index contributed by atoms with van der Waals surface area (Å²) in [5.74, 6) is 1.78. The molecule has 4 heteroatoms. The predicted octanol–water partition coefficient (Wildman–Crippen LogP) is 3.77. The van der Waals surface area contributed by atoms with Crippen molar-refractivity contribution in [3.8, 4) is 0 Å². The first-order chi connectivity index (χ1) is 8.33. The number of hydrogen-bond donors (Lipinski definition) is 0. The van der Waals surface area contributed by atoms with Gasteiger partial charge in [0.15, 0.2) is 0 Å². The summed E-state index contributed by atoms with van der Waals surface area (Å²) in [5, 5.41) is 8.70. The van der Waals surface area contributed by atoms with Crippen LogP contribution in [0, 0.1) is 0 Å². The number of hydrogen-bond acceptors (Lipinski definition) is 3. The molecule has 0 amide bonds. The van der Waals surface area contributed by atoms with Crippen LogP contribution in [0.3, 0.4) is 0 Å². The van der Waals surface area contributed by atoms with E-state index in [4.69, 9.17) is 16.0 Å². The standard InChI is InChI=1S/C13H11ClN2O/c14-11-4-2-1-3-9(11)7-8-12-15-16-13(17-12)10-5-6-10/h1-4,7-8,10H,5-6H2. The first-order valence-corrected chi connectivity index (χ1v) is 5.97. The lowest BCUT2D eigenvalue weighted by Gasteiger charge is -1.94. The van der Waals surface area contributed by atoms with Crippen LogP contribution in [-0.4, -0.2) is 10.2 Å². The smallest absolute Gasteiger partial charge is 0.240 e. The third kappa shape index (κ3) is 2.39. The van der Waals surface area contributed by atoms with Gasteiger partial charge in [-0.3, -0.25) is 0 Å². The van der Waals surface area contributed by atoms with Gasteiger partial charge in [0, 0.05) is 17.0 Å². The number of rotatable bonds is 3. The quantitative estimate of drug-likeness (QED) is 0.828. The Morgan fingerprint density at radius 2 is 2.00 bits per heavy atom. The van der Waals surface area contributed by atoms with Gasteiger partial charge < -0.3 is 4.42 Å². The second-order valence-electron chi connectivity index (χ2n) is 4.11. The Morgan fingerprint density at radius 1 is 1.18 bits per heavy atom. The second kappa shape index (κ2) is 4.34. The lowest BCUT2D eigenvalue weighted by molar-refractivity contribution is 0.488. The van der Waals surface area contributed by atoms with Crippen molar-refractivity contribution in [3.05, 3.63) is 46.6 Å². The Labute approximate surface area is 104 Å². The summed E-state index contributed by atoms with van der Waals surface area (Å²) < 4.78 is 5.52. The molecule has 1 aliphatic rings. The second-order valence-corrected chi connectivity index (χ2v) is 4.51. The van der Waals surface area contributed by atoms with E-state index in [9.17, 15) is 0 Å². The van der Waals surface area contributed by atoms with Gasteiger partial charge in [0.2, 0.25) is 11.8 Å². The highest BCUT2D eigenvalue weighted by molar-refractivity contribution is 6.32. The fourth-order valence-electron chi connectivity index (χ4n) is 1.58. The van der Waals surface area contributed by atoms with Crippen LogP contribution in [0.5, 0.6) is 0 Å². The molecule has 2 aromatic rings. The number of halogens is 1. The van der Waals surface area contributed by atoms with Crippen molar-refractivity contribution in [1.82, 2.24) is 10.2 Å². The van der Waals surface area contributed by atoms with Crippen LogP contribution in [0.4, 0.5) is 0 Å². The minimum atomic E-state index is 0.491. The van der Waals surface area contributed by atoms with E-state index in [1.807, 2.05) is 30.3 Å². The zero-order chi connectivity index (χ0) is 11.7. The highest BCUT2D eigenvalue weighted by Gasteiger charge is 2.28. The molecule has 3 rings (SSSR count). The third-order valence-corrected chi connectivity index (χ3v) is 3.04. The molecule has 0 spiro atoms. The van der Waals surface area contributed by atoms with Gasteiger partial charge >= 0.3 is 0 Å².